The van der Waals surface area contributed by atoms with E-state index in [-0.39, 0.29) is 17.7 Å². The predicted octanol–water partition coefficient (Wildman–Crippen LogP) is 6.24. The molecule has 0 radical (unpaired) electrons. The van der Waals surface area contributed by atoms with Crippen LogP contribution >= 0.6 is 0 Å². The Kier molecular flexibility index (Phi) is 7.73. The normalized spacial score (nSPS) is 11.0. The van der Waals surface area contributed by atoms with Crippen LogP contribution in [0.2, 0.25) is 0 Å². The zero-order chi connectivity index (χ0) is 29.1. The number of fused-ring (bicyclic) bond motifs is 1. The number of aryl methyl sites for hydroxylation is 2. The van der Waals surface area contributed by atoms with Crippen LogP contribution in [0, 0.1) is 19.7 Å². The lowest BCUT2D eigenvalue weighted by molar-refractivity contribution is 0.102. The van der Waals surface area contributed by atoms with E-state index in [1.165, 1.54) is 29.0 Å². The van der Waals surface area contributed by atoms with Gasteiger partial charge in [0, 0.05) is 41.5 Å². The molecule has 0 aliphatic heterocycles. The van der Waals surface area contributed by atoms with Crippen molar-refractivity contribution in [2.45, 2.75) is 20.4 Å². The SMILES string of the molecule is COc1cnc2c(Oc3ccc(NC(=O)c4cn(CCF)c(C)c(-c5ccc(F)cc5C)c4=O)cc3)ccnc2c1. The van der Waals surface area contributed by atoms with E-state index < -0.39 is 23.8 Å². The van der Waals surface area contributed by atoms with E-state index >= 15 is 0 Å². The number of anilines is 1. The highest BCUT2D eigenvalue weighted by atomic mass is 19.1. The Morgan fingerprint density at radius 1 is 1.02 bits per heavy atom. The predicted molar refractivity (Wildman–Crippen MR) is 152 cm³/mol. The van der Waals surface area contributed by atoms with Gasteiger partial charge in [-0.05, 0) is 61.4 Å². The minimum atomic E-state index is -0.691. The maximum atomic E-state index is 13.7. The summed E-state index contributed by atoms with van der Waals surface area (Å²) in [5.74, 6) is 0.458. The maximum Gasteiger partial charge on any atom is 0.261 e. The fourth-order valence-corrected chi connectivity index (χ4v) is 4.58. The van der Waals surface area contributed by atoms with Crippen LogP contribution in [-0.2, 0) is 6.54 Å². The molecule has 0 aliphatic carbocycles. The summed E-state index contributed by atoms with van der Waals surface area (Å²) >= 11 is 0. The summed E-state index contributed by atoms with van der Waals surface area (Å²) in [5, 5.41) is 2.73. The molecule has 3 heterocycles. The molecule has 1 N–H and O–H groups in total. The Balaban J connectivity index is 1.41. The van der Waals surface area contributed by atoms with Gasteiger partial charge in [-0.2, -0.15) is 0 Å². The molecule has 208 valence electrons. The second kappa shape index (κ2) is 11.5. The summed E-state index contributed by atoms with van der Waals surface area (Å²) in [6, 6.07) is 14.1. The quantitative estimate of drug-likeness (QED) is 0.243. The summed E-state index contributed by atoms with van der Waals surface area (Å²) in [4.78, 5) is 35.5. The van der Waals surface area contributed by atoms with Crippen molar-refractivity contribution in [2.75, 3.05) is 19.1 Å². The number of methoxy groups -OCH3 is 1. The number of nitrogens with zero attached hydrogens (tertiary/aromatic N) is 3. The zero-order valence-corrected chi connectivity index (χ0v) is 22.6. The summed E-state index contributed by atoms with van der Waals surface area (Å²) in [6.07, 6.45) is 4.53. The van der Waals surface area contributed by atoms with Crippen LogP contribution in [0.3, 0.4) is 0 Å². The lowest BCUT2D eigenvalue weighted by Crippen LogP contribution is -2.26. The van der Waals surface area contributed by atoms with Crippen LogP contribution in [0.5, 0.6) is 17.2 Å². The fourth-order valence-electron chi connectivity index (χ4n) is 4.58. The minimum Gasteiger partial charge on any atom is -0.495 e. The van der Waals surface area contributed by atoms with Gasteiger partial charge in [0.25, 0.3) is 5.91 Å². The first-order valence-corrected chi connectivity index (χ1v) is 12.7. The van der Waals surface area contributed by atoms with E-state index in [1.807, 2.05) is 0 Å². The first-order valence-electron chi connectivity index (χ1n) is 12.7. The van der Waals surface area contributed by atoms with E-state index in [1.54, 1.807) is 69.7 Å². The Labute approximate surface area is 234 Å². The van der Waals surface area contributed by atoms with Crippen LogP contribution in [-0.4, -0.2) is 34.2 Å². The second-order valence-corrected chi connectivity index (χ2v) is 9.31. The van der Waals surface area contributed by atoms with Crippen LogP contribution in [0.15, 0.2) is 78.0 Å². The Morgan fingerprint density at radius 3 is 2.51 bits per heavy atom. The van der Waals surface area contributed by atoms with Gasteiger partial charge in [-0.1, -0.05) is 6.07 Å². The number of pyridine rings is 3. The van der Waals surface area contributed by atoms with E-state index in [4.69, 9.17) is 9.47 Å². The van der Waals surface area contributed by atoms with E-state index in [2.05, 4.69) is 15.3 Å². The first-order chi connectivity index (χ1) is 19.8. The van der Waals surface area contributed by atoms with Crippen LogP contribution in [0.4, 0.5) is 14.5 Å². The molecule has 0 saturated heterocycles. The average Bonchev–Trinajstić information content (AvgIpc) is 2.96. The van der Waals surface area contributed by atoms with Crippen molar-refractivity contribution in [1.29, 1.82) is 0 Å². The molecule has 5 rings (SSSR count). The molecule has 10 heteroatoms. The number of benzene rings is 2. The zero-order valence-electron chi connectivity index (χ0n) is 22.6. The topological polar surface area (TPSA) is 95.3 Å². The molecule has 2 aromatic carbocycles. The average molecular weight is 557 g/mol. The third-order valence-corrected chi connectivity index (χ3v) is 6.67. The number of hydrogen-bond donors (Lipinski definition) is 1. The van der Waals surface area contributed by atoms with E-state index in [0.29, 0.717) is 50.8 Å². The van der Waals surface area contributed by atoms with Crippen molar-refractivity contribution in [2.24, 2.45) is 0 Å². The van der Waals surface area contributed by atoms with Crippen LogP contribution in [0.1, 0.15) is 21.6 Å². The molecule has 1 amide bonds. The van der Waals surface area contributed by atoms with Gasteiger partial charge in [0.05, 0.1) is 25.4 Å². The number of carbonyl (C=O) groups is 1. The molecule has 5 aromatic rings. The molecule has 8 nitrogen and oxygen atoms in total. The first kappa shape index (κ1) is 27.4. The number of alkyl halides is 1. The standard InChI is InChI=1S/C31H26F2N4O4/c1-18-14-20(33)4-9-24(18)28-19(2)37(13-11-32)17-25(30(28)38)31(39)36-21-5-7-22(8-6-21)41-27-10-12-34-26-15-23(40-3)16-35-29(26)27/h4-10,12,14-17H,11,13H2,1-3H3,(H,36,39). The number of nitrogens with one attached hydrogen (secondary N) is 1. The largest absolute Gasteiger partial charge is 0.495 e. The summed E-state index contributed by atoms with van der Waals surface area (Å²) in [7, 11) is 1.55. The Bertz CT molecular complexity index is 1820. The van der Waals surface area contributed by atoms with Crippen molar-refractivity contribution < 1.29 is 23.0 Å². The molecule has 0 bridgehead atoms. The fraction of sp³-hybridized carbons (Fsp3) is 0.161. The third-order valence-electron chi connectivity index (χ3n) is 6.67. The number of rotatable bonds is 8. The van der Waals surface area contributed by atoms with Gasteiger partial charge in [-0.3, -0.25) is 14.6 Å². The highest BCUT2D eigenvalue weighted by molar-refractivity contribution is 6.04. The summed E-state index contributed by atoms with van der Waals surface area (Å²) in [6.45, 7) is 2.61. The van der Waals surface area contributed by atoms with Crippen molar-refractivity contribution >= 4 is 22.6 Å². The van der Waals surface area contributed by atoms with Gasteiger partial charge in [0.1, 0.15) is 35.1 Å². The van der Waals surface area contributed by atoms with Crippen molar-refractivity contribution in [3.05, 3.63) is 106 Å². The molecule has 41 heavy (non-hydrogen) atoms. The molecule has 0 spiro atoms. The maximum absolute atomic E-state index is 13.7. The highest BCUT2D eigenvalue weighted by Gasteiger charge is 2.21. The number of carbonyl (C=O) groups excluding carboxylic acids is 1. The van der Waals surface area contributed by atoms with Gasteiger partial charge in [0.2, 0.25) is 5.43 Å². The molecule has 0 unspecified atom stereocenters. The smallest absolute Gasteiger partial charge is 0.261 e. The number of ether oxygens (including phenoxy) is 2. The summed E-state index contributed by atoms with van der Waals surface area (Å²) < 4.78 is 39.8. The minimum absolute atomic E-state index is 0.0446. The molecule has 0 atom stereocenters. The Morgan fingerprint density at radius 2 is 1.80 bits per heavy atom. The molecule has 0 saturated carbocycles. The van der Waals surface area contributed by atoms with Crippen LogP contribution < -0.4 is 20.2 Å². The molecule has 3 aromatic heterocycles. The van der Waals surface area contributed by atoms with Gasteiger partial charge >= 0.3 is 0 Å². The van der Waals surface area contributed by atoms with Crippen molar-refractivity contribution in [3.8, 4) is 28.4 Å². The molecule has 0 aliphatic rings. The molecular weight excluding hydrogens is 530 g/mol. The number of amides is 1. The number of aromatic nitrogens is 3. The highest BCUT2D eigenvalue weighted by Crippen LogP contribution is 2.30. The van der Waals surface area contributed by atoms with Crippen molar-refractivity contribution in [1.82, 2.24) is 14.5 Å². The van der Waals surface area contributed by atoms with E-state index in [9.17, 15) is 18.4 Å². The molecular formula is C31H26F2N4O4. The lowest BCUT2D eigenvalue weighted by Gasteiger charge is -2.17. The number of halogens is 2. The summed E-state index contributed by atoms with van der Waals surface area (Å²) in [5.41, 5.74) is 2.61. The van der Waals surface area contributed by atoms with Gasteiger partial charge in [-0.15, -0.1) is 0 Å². The second-order valence-electron chi connectivity index (χ2n) is 9.31. The monoisotopic (exact) mass is 556 g/mol. The van der Waals surface area contributed by atoms with Gasteiger partial charge in [-0.25, -0.2) is 13.8 Å². The van der Waals surface area contributed by atoms with Crippen molar-refractivity contribution in [3.63, 3.8) is 0 Å². The number of hydrogen-bond acceptors (Lipinski definition) is 6. The Hall–Kier alpha value is -5.12. The third kappa shape index (κ3) is 5.62. The molecule has 0 fully saturated rings. The van der Waals surface area contributed by atoms with Gasteiger partial charge < -0.3 is 19.4 Å². The van der Waals surface area contributed by atoms with E-state index in [0.717, 1.165) is 0 Å². The lowest BCUT2D eigenvalue weighted by atomic mass is 9.97. The van der Waals surface area contributed by atoms with Crippen LogP contribution in [0.25, 0.3) is 22.2 Å². The van der Waals surface area contributed by atoms with Gasteiger partial charge in [0.15, 0.2) is 5.75 Å².